The lowest BCUT2D eigenvalue weighted by Gasteiger charge is -2.35. The Kier molecular flexibility index (Phi) is 14.0. The molecule has 0 heterocycles. The molecule has 0 heteroatoms. The van der Waals surface area contributed by atoms with Crippen molar-refractivity contribution < 1.29 is 0 Å². The predicted molar refractivity (Wildman–Crippen MR) is 124 cm³/mol. The van der Waals surface area contributed by atoms with Crippen LogP contribution in [0, 0.1) is 11.3 Å². The molecular formula is C27H50. The molecule has 0 aliphatic heterocycles. The van der Waals surface area contributed by atoms with E-state index in [1.54, 1.807) is 5.57 Å². The second-order valence-corrected chi connectivity index (χ2v) is 9.81. The van der Waals surface area contributed by atoms with Gasteiger partial charge < -0.3 is 0 Å². The van der Waals surface area contributed by atoms with Crippen LogP contribution in [-0.4, -0.2) is 0 Å². The van der Waals surface area contributed by atoms with E-state index < -0.39 is 0 Å². The molecule has 1 unspecified atom stereocenters. The van der Waals surface area contributed by atoms with Crippen molar-refractivity contribution in [2.45, 2.75) is 137 Å². The van der Waals surface area contributed by atoms with Crippen molar-refractivity contribution in [2.75, 3.05) is 0 Å². The SMILES string of the molecule is CCCCCCCCCCCCCCCC(C)(CC(C)C)C1=CC=CCC1. The van der Waals surface area contributed by atoms with Crippen molar-refractivity contribution in [1.29, 1.82) is 0 Å². The molecule has 0 aromatic carbocycles. The molecule has 27 heavy (non-hydrogen) atoms. The molecule has 0 amide bonds. The van der Waals surface area contributed by atoms with Crippen LogP contribution in [0.15, 0.2) is 23.8 Å². The first-order valence-corrected chi connectivity index (χ1v) is 12.4. The summed E-state index contributed by atoms with van der Waals surface area (Å²) < 4.78 is 0. The quantitative estimate of drug-likeness (QED) is 0.222. The lowest BCUT2D eigenvalue weighted by Crippen LogP contribution is -2.22. The standard InChI is InChI=1S/C27H50/c1-5-6-7-8-9-10-11-12-13-14-15-16-20-23-27(4,24-25(2)3)26-21-18-17-19-22-26/h17-18,21,25H,5-16,19-20,22-24H2,1-4H3. The Morgan fingerprint density at radius 3 is 1.78 bits per heavy atom. The summed E-state index contributed by atoms with van der Waals surface area (Å²) in [4.78, 5) is 0. The van der Waals surface area contributed by atoms with E-state index in [-0.39, 0.29) is 0 Å². The maximum Gasteiger partial charge on any atom is -0.0111 e. The van der Waals surface area contributed by atoms with Gasteiger partial charge in [-0.1, -0.05) is 135 Å². The van der Waals surface area contributed by atoms with E-state index in [1.807, 2.05) is 0 Å². The van der Waals surface area contributed by atoms with Crippen LogP contribution >= 0.6 is 0 Å². The maximum absolute atomic E-state index is 2.54. The molecule has 1 rings (SSSR count). The van der Waals surface area contributed by atoms with Crippen LogP contribution < -0.4 is 0 Å². The highest BCUT2D eigenvalue weighted by molar-refractivity contribution is 5.23. The van der Waals surface area contributed by atoms with Gasteiger partial charge in [0.15, 0.2) is 0 Å². The normalized spacial score (nSPS) is 16.6. The van der Waals surface area contributed by atoms with Crippen molar-refractivity contribution >= 4 is 0 Å². The van der Waals surface area contributed by atoms with Crippen LogP contribution in [-0.2, 0) is 0 Å². The number of allylic oxidation sites excluding steroid dienone is 4. The summed E-state index contributed by atoms with van der Waals surface area (Å²) in [6.45, 7) is 9.62. The first-order chi connectivity index (χ1) is 13.1. The number of hydrogen-bond acceptors (Lipinski definition) is 0. The van der Waals surface area contributed by atoms with Crippen molar-refractivity contribution in [3.8, 4) is 0 Å². The molecule has 158 valence electrons. The third kappa shape index (κ3) is 11.8. The monoisotopic (exact) mass is 374 g/mol. The molecule has 0 fully saturated rings. The number of hydrogen-bond donors (Lipinski definition) is 0. The zero-order valence-electron chi connectivity index (χ0n) is 19.3. The predicted octanol–water partition coefficient (Wildman–Crippen LogP) is 9.80. The zero-order chi connectivity index (χ0) is 19.8. The van der Waals surface area contributed by atoms with Crippen molar-refractivity contribution in [2.24, 2.45) is 11.3 Å². The summed E-state index contributed by atoms with van der Waals surface area (Å²) in [7, 11) is 0. The van der Waals surface area contributed by atoms with E-state index in [2.05, 4.69) is 45.9 Å². The van der Waals surface area contributed by atoms with Gasteiger partial charge in [-0.25, -0.2) is 0 Å². The minimum atomic E-state index is 0.441. The van der Waals surface area contributed by atoms with Gasteiger partial charge in [-0.05, 0) is 37.0 Å². The number of rotatable bonds is 17. The molecule has 0 radical (unpaired) electrons. The van der Waals surface area contributed by atoms with Crippen LogP contribution in [0.25, 0.3) is 0 Å². The van der Waals surface area contributed by atoms with E-state index in [0.717, 1.165) is 5.92 Å². The lowest BCUT2D eigenvalue weighted by molar-refractivity contribution is 0.271. The maximum atomic E-state index is 2.54. The molecule has 1 aliphatic carbocycles. The Morgan fingerprint density at radius 1 is 0.815 bits per heavy atom. The fourth-order valence-electron chi connectivity index (χ4n) is 4.93. The molecule has 0 saturated heterocycles. The third-order valence-electron chi connectivity index (χ3n) is 6.48. The minimum Gasteiger partial charge on any atom is -0.0842 e. The van der Waals surface area contributed by atoms with Crippen molar-refractivity contribution in [3.05, 3.63) is 23.8 Å². The van der Waals surface area contributed by atoms with Crippen molar-refractivity contribution in [1.82, 2.24) is 0 Å². The average molecular weight is 375 g/mol. The molecule has 0 bridgehead atoms. The molecule has 0 N–H and O–H groups in total. The Balaban J connectivity index is 2.07. The molecular weight excluding hydrogens is 324 g/mol. The van der Waals surface area contributed by atoms with Crippen LogP contribution in [0.5, 0.6) is 0 Å². The second kappa shape index (κ2) is 15.4. The van der Waals surface area contributed by atoms with E-state index in [4.69, 9.17) is 0 Å². The topological polar surface area (TPSA) is 0 Å². The van der Waals surface area contributed by atoms with Crippen molar-refractivity contribution in [3.63, 3.8) is 0 Å². The highest BCUT2D eigenvalue weighted by Gasteiger charge is 2.29. The number of unbranched alkanes of at least 4 members (excludes halogenated alkanes) is 12. The summed E-state index contributed by atoms with van der Waals surface area (Å²) in [5, 5.41) is 0. The van der Waals surface area contributed by atoms with Crippen LogP contribution in [0.1, 0.15) is 137 Å². The lowest BCUT2D eigenvalue weighted by atomic mass is 9.70. The van der Waals surface area contributed by atoms with Gasteiger partial charge in [-0.2, -0.15) is 0 Å². The van der Waals surface area contributed by atoms with Gasteiger partial charge >= 0.3 is 0 Å². The van der Waals surface area contributed by atoms with Gasteiger partial charge in [0.25, 0.3) is 0 Å². The van der Waals surface area contributed by atoms with Crippen LogP contribution in [0.3, 0.4) is 0 Å². The zero-order valence-corrected chi connectivity index (χ0v) is 19.3. The fourth-order valence-corrected chi connectivity index (χ4v) is 4.93. The molecule has 1 aliphatic rings. The summed E-state index contributed by atoms with van der Waals surface area (Å²) >= 11 is 0. The Hall–Kier alpha value is -0.520. The summed E-state index contributed by atoms with van der Waals surface area (Å²) in [5.74, 6) is 0.795. The van der Waals surface area contributed by atoms with Crippen LogP contribution in [0.2, 0.25) is 0 Å². The third-order valence-corrected chi connectivity index (χ3v) is 6.48. The smallest absolute Gasteiger partial charge is 0.0111 e. The van der Waals surface area contributed by atoms with E-state index in [0.29, 0.717) is 5.41 Å². The summed E-state index contributed by atoms with van der Waals surface area (Å²) in [6.07, 6.45) is 31.2. The van der Waals surface area contributed by atoms with Gasteiger partial charge in [0.05, 0.1) is 0 Å². The van der Waals surface area contributed by atoms with E-state index >= 15 is 0 Å². The Labute approximate surface area is 172 Å². The summed E-state index contributed by atoms with van der Waals surface area (Å²) in [5.41, 5.74) is 2.16. The highest BCUT2D eigenvalue weighted by Crippen LogP contribution is 2.42. The molecule has 0 aromatic heterocycles. The van der Waals surface area contributed by atoms with Crippen LogP contribution in [0.4, 0.5) is 0 Å². The Morgan fingerprint density at radius 2 is 1.33 bits per heavy atom. The highest BCUT2D eigenvalue weighted by atomic mass is 14.3. The van der Waals surface area contributed by atoms with Gasteiger partial charge in [0.2, 0.25) is 0 Å². The minimum absolute atomic E-state index is 0.441. The molecule has 1 atom stereocenters. The Bertz CT molecular complexity index is 400. The average Bonchev–Trinajstić information content (AvgIpc) is 2.65. The van der Waals surface area contributed by atoms with Gasteiger partial charge in [0.1, 0.15) is 0 Å². The van der Waals surface area contributed by atoms with Gasteiger partial charge in [-0.15, -0.1) is 0 Å². The molecule has 0 saturated carbocycles. The molecule has 0 aromatic rings. The molecule has 0 spiro atoms. The van der Waals surface area contributed by atoms with E-state index in [9.17, 15) is 0 Å². The second-order valence-electron chi connectivity index (χ2n) is 9.81. The van der Waals surface area contributed by atoms with E-state index in [1.165, 1.54) is 109 Å². The van der Waals surface area contributed by atoms with Gasteiger partial charge in [0, 0.05) is 0 Å². The fraction of sp³-hybridized carbons (Fsp3) is 0.852. The van der Waals surface area contributed by atoms with Gasteiger partial charge in [-0.3, -0.25) is 0 Å². The summed E-state index contributed by atoms with van der Waals surface area (Å²) in [6, 6.07) is 0. The first-order valence-electron chi connectivity index (χ1n) is 12.4. The largest absolute Gasteiger partial charge is 0.0842 e. The first kappa shape index (κ1) is 24.5. The molecule has 0 nitrogen and oxygen atoms in total.